The van der Waals surface area contributed by atoms with Gasteiger partial charge in [0.05, 0.1) is 10.4 Å². The minimum absolute atomic E-state index is 0. The Morgan fingerprint density at radius 2 is 2.29 bits per heavy atom. The van der Waals surface area contributed by atoms with Crippen LogP contribution in [-0.4, -0.2) is 10.1 Å². The summed E-state index contributed by atoms with van der Waals surface area (Å²) in [6.07, 6.45) is 1.82. The van der Waals surface area contributed by atoms with Crippen LogP contribution in [0, 0.1) is 0 Å². The van der Waals surface area contributed by atoms with Crippen molar-refractivity contribution in [3.63, 3.8) is 0 Å². The summed E-state index contributed by atoms with van der Waals surface area (Å²) in [6, 6.07) is 3.93. The van der Waals surface area contributed by atoms with Crippen molar-refractivity contribution in [2.24, 2.45) is 5.73 Å². The summed E-state index contributed by atoms with van der Waals surface area (Å²) in [4.78, 5) is 5.35. The molecule has 2 aromatic heterocycles. The first-order valence-corrected chi connectivity index (χ1v) is 6.18. The van der Waals surface area contributed by atoms with Crippen LogP contribution in [-0.2, 0) is 5.54 Å². The Kier molecular flexibility index (Phi) is 4.68. The van der Waals surface area contributed by atoms with Gasteiger partial charge in [-0.2, -0.15) is 4.98 Å². The van der Waals surface area contributed by atoms with Crippen molar-refractivity contribution >= 4 is 23.7 Å². The van der Waals surface area contributed by atoms with Crippen LogP contribution >= 0.6 is 23.7 Å². The molecule has 0 saturated carbocycles. The van der Waals surface area contributed by atoms with Gasteiger partial charge in [0.2, 0.25) is 11.7 Å². The molecular formula is C11H16ClN3OS. The van der Waals surface area contributed by atoms with Gasteiger partial charge in [-0.3, -0.25) is 0 Å². The Morgan fingerprint density at radius 3 is 2.88 bits per heavy atom. The summed E-state index contributed by atoms with van der Waals surface area (Å²) in [7, 11) is 0. The SMILES string of the molecule is CCCC(C)(N)c1nc(-c2cccs2)no1.Cl. The topological polar surface area (TPSA) is 64.9 Å². The lowest BCUT2D eigenvalue weighted by atomic mass is 9.98. The average Bonchev–Trinajstić information content (AvgIpc) is 2.89. The quantitative estimate of drug-likeness (QED) is 0.929. The van der Waals surface area contributed by atoms with Crippen LogP contribution in [0.1, 0.15) is 32.6 Å². The van der Waals surface area contributed by atoms with Crippen LogP contribution in [0.5, 0.6) is 0 Å². The number of thiophene rings is 1. The molecule has 0 spiro atoms. The predicted molar refractivity (Wildman–Crippen MR) is 71.3 cm³/mol. The molecule has 0 aliphatic rings. The molecular weight excluding hydrogens is 258 g/mol. The largest absolute Gasteiger partial charge is 0.337 e. The van der Waals surface area contributed by atoms with E-state index in [2.05, 4.69) is 17.1 Å². The van der Waals surface area contributed by atoms with Crippen molar-refractivity contribution in [1.29, 1.82) is 0 Å². The molecule has 1 unspecified atom stereocenters. The molecule has 0 aliphatic carbocycles. The van der Waals surface area contributed by atoms with Crippen LogP contribution in [0.3, 0.4) is 0 Å². The molecule has 2 N–H and O–H groups in total. The maximum atomic E-state index is 6.12. The molecule has 2 aromatic rings. The number of halogens is 1. The van der Waals surface area contributed by atoms with E-state index in [1.807, 2.05) is 24.4 Å². The fraction of sp³-hybridized carbons (Fsp3) is 0.455. The number of hydrogen-bond donors (Lipinski definition) is 1. The van der Waals surface area contributed by atoms with E-state index >= 15 is 0 Å². The molecule has 0 fully saturated rings. The van der Waals surface area contributed by atoms with Gasteiger partial charge in [0.15, 0.2) is 0 Å². The molecule has 2 heterocycles. The van der Waals surface area contributed by atoms with E-state index in [1.54, 1.807) is 11.3 Å². The van der Waals surface area contributed by atoms with Gasteiger partial charge >= 0.3 is 0 Å². The highest BCUT2D eigenvalue weighted by Crippen LogP contribution is 2.26. The molecule has 2 rings (SSSR count). The van der Waals surface area contributed by atoms with Gasteiger partial charge in [-0.1, -0.05) is 24.6 Å². The summed E-state index contributed by atoms with van der Waals surface area (Å²) in [5.41, 5.74) is 5.59. The summed E-state index contributed by atoms with van der Waals surface area (Å²) >= 11 is 1.59. The second-order valence-electron chi connectivity index (χ2n) is 4.07. The molecule has 0 amide bonds. The zero-order chi connectivity index (χ0) is 11.6. The van der Waals surface area contributed by atoms with Crippen molar-refractivity contribution in [3.05, 3.63) is 23.4 Å². The van der Waals surface area contributed by atoms with Crippen LogP contribution in [0.4, 0.5) is 0 Å². The molecule has 0 aliphatic heterocycles. The molecule has 94 valence electrons. The van der Waals surface area contributed by atoms with Crippen molar-refractivity contribution in [2.75, 3.05) is 0 Å². The summed E-state index contributed by atoms with van der Waals surface area (Å²) in [5, 5.41) is 5.94. The Bertz CT molecular complexity index is 453. The minimum atomic E-state index is -0.530. The Morgan fingerprint density at radius 1 is 1.53 bits per heavy atom. The first kappa shape index (κ1) is 14.2. The third kappa shape index (κ3) is 3.06. The minimum Gasteiger partial charge on any atom is -0.337 e. The van der Waals surface area contributed by atoms with Crippen LogP contribution < -0.4 is 5.73 Å². The first-order valence-electron chi connectivity index (χ1n) is 5.30. The fourth-order valence-electron chi connectivity index (χ4n) is 1.59. The van der Waals surface area contributed by atoms with E-state index in [4.69, 9.17) is 10.3 Å². The Hall–Kier alpha value is -0.910. The maximum Gasteiger partial charge on any atom is 0.246 e. The number of nitrogens with two attached hydrogens (primary N) is 1. The smallest absolute Gasteiger partial charge is 0.246 e. The molecule has 4 nitrogen and oxygen atoms in total. The Balaban J connectivity index is 0.00000144. The highest BCUT2D eigenvalue weighted by Gasteiger charge is 2.27. The maximum absolute atomic E-state index is 6.12. The lowest BCUT2D eigenvalue weighted by Gasteiger charge is -2.18. The molecule has 0 saturated heterocycles. The first-order chi connectivity index (χ1) is 7.63. The van der Waals surface area contributed by atoms with Crippen molar-refractivity contribution in [1.82, 2.24) is 10.1 Å². The summed E-state index contributed by atoms with van der Waals surface area (Å²) in [6.45, 7) is 4.00. The lowest BCUT2D eigenvalue weighted by molar-refractivity contribution is 0.284. The third-order valence-electron chi connectivity index (χ3n) is 2.43. The van der Waals surface area contributed by atoms with E-state index in [0.29, 0.717) is 11.7 Å². The number of hydrogen-bond acceptors (Lipinski definition) is 5. The van der Waals surface area contributed by atoms with Crippen LogP contribution in [0.25, 0.3) is 10.7 Å². The van der Waals surface area contributed by atoms with E-state index in [-0.39, 0.29) is 12.4 Å². The highest BCUT2D eigenvalue weighted by atomic mass is 35.5. The normalized spacial score (nSPS) is 14.1. The van der Waals surface area contributed by atoms with Crippen LogP contribution in [0.2, 0.25) is 0 Å². The zero-order valence-corrected chi connectivity index (χ0v) is 11.5. The van der Waals surface area contributed by atoms with Gasteiger partial charge in [0.1, 0.15) is 0 Å². The molecule has 17 heavy (non-hydrogen) atoms. The molecule has 0 aromatic carbocycles. The predicted octanol–water partition coefficient (Wildman–Crippen LogP) is 3.19. The summed E-state index contributed by atoms with van der Waals surface area (Å²) in [5.74, 6) is 1.13. The van der Waals surface area contributed by atoms with Gasteiger partial charge in [-0.05, 0) is 24.8 Å². The van der Waals surface area contributed by atoms with Gasteiger partial charge in [0, 0.05) is 0 Å². The molecule has 0 bridgehead atoms. The molecule has 0 radical (unpaired) electrons. The molecule has 6 heteroatoms. The van der Waals surface area contributed by atoms with Crippen molar-refractivity contribution in [3.8, 4) is 10.7 Å². The van der Waals surface area contributed by atoms with E-state index < -0.39 is 5.54 Å². The second-order valence-corrected chi connectivity index (χ2v) is 5.02. The van der Waals surface area contributed by atoms with Crippen molar-refractivity contribution < 1.29 is 4.52 Å². The van der Waals surface area contributed by atoms with Gasteiger partial charge < -0.3 is 10.3 Å². The second kappa shape index (κ2) is 5.62. The van der Waals surface area contributed by atoms with Crippen LogP contribution in [0.15, 0.2) is 22.0 Å². The lowest BCUT2D eigenvalue weighted by Crippen LogP contribution is -2.33. The van der Waals surface area contributed by atoms with Gasteiger partial charge in [-0.15, -0.1) is 23.7 Å². The number of rotatable bonds is 4. The Labute approximate surface area is 111 Å². The standard InChI is InChI=1S/C11H15N3OS.ClH/c1-3-6-11(2,12)10-13-9(14-15-10)8-5-4-7-16-8;/h4-5,7H,3,6,12H2,1-2H3;1H. The average molecular weight is 274 g/mol. The number of nitrogens with zero attached hydrogens (tertiary/aromatic N) is 2. The van der Waals surface area contributed by atoms with Gasteiger partial charge in [-0.25, -0.2) is 0 Å². The highest BCUT2D eigenvalue weighted by molar-refractivity contribution is 7.13. The van der Waals surface area contributed by atoms with E-state index in [1.165, 1.54) is 0 Å². The summed E-state index contributed by atoms with van der Waals surface area (Å²) < 4.78 is 5.23. The zero-order valence-electron chi connectivity index (χ0n) is 9.84. The molecule has 1 atom stereocenters. The monoisotopic (exact) mass is 273 g/mol. The van der Waals surface area contributed by atoms with E-state index in [0.717, 1.165) is 17.7 Å². The van der Waals surface area contributed by atoms with Crippen molar-refractivity contribution in [2.45, 2.75) is 32.2 Å². The van der Waals surface area contributed by atoms with Gasteiger partial charge in [0.25, 0.3) is 0 Å². The fourth-order valence-corrected chi connectivity index (χ4v) is 2.24. The number of aromatic nitrogens is 2. The van der Waals surface area contributed by atoms with E-state index in [9.17, 15) is 0 Å². The third-order valence-corrected chi connectivity index (χ3v) is 3.29.